The molecule has 0 amide bonds. The van der Waals surface area contributed by atoms with Crippen molar-refractivity contribution in [3.05, 3.63) is 47.0 Å². The number of allylic oxidation sites excluding steroid dienone is 1. The zero-order valence-corrected chi connectivity index (χ0v) is 9.83. The van der Waals surface area contributed by atoms with Crippen molar-refractivity contribution in [2.24, 2.45) is 0 Å². The van der Waals surface area contributed by atoms with Crippen LogP contribution in [0.4, 0.5) is 0 Å². The van der Waals surface area contributed by atoms with E-state index in [1.165, 1.54) is 5.56 Å². The molecule has 1 rings (SSSR count). The number of benzene rings is 1. The molecule has 0 heterocycles. The fraction of sp³-hybridized carbons (Fsp3) is 0.385. The second kappa shape index (κ2) is 7.49. The number of aryl methyl sites for hydroxylation is 1. The maximum absolute atomic E-state index is 5.80. The smallest absolute Gasteiger partial charge is 0.0496 e. The van der Waals surface area contributed by atoms with Crippen molar-refractivity contribution in [1.82, 2.24) is 0 Å². The first-order valence-electron chi connectivity index (χ1n) is 5.21. The monoisotopic (exact) mass is 224 g/mol. The lowest BCUT2D eigenvalue weighted by Crippen LogP contribution is -1.85. The van der Waals surface area contributed by atoms with Crippen LogP contribution in [0.2, 0.25) is 5.02 Å². The summed E-state index contributed by atoms with van der Waals surface area (Å²) in [5, 5.41) is 0.800. The van der Waals surface area contributed by atoms with Gasteiger partial charge in [0.2, 0.25) is 0 Å². The molecule has 0 saturated carbocycles. The molecule has 0 atom stereocenters. The van der Waals surface area contributed by atoms with Gasteiger partial charge in [0.25, 0.3) is 0 Å². The maximum atomic E-state index is 5.80. The van der Waals surface area contributed by atoms with Crippen molar-refractivity contribution in [3.8, 4) is 0 Å². The Morgan fingerprint density at radius 2 is 1.80 bits per heavy atom. The summed E-state index contributed by atoms with van der Waals surface area (Å²) in [6.07, 6.45) is 7.51. The number of hydrogen-bond donors (Lipinski definition) is 0. The summed E-state index contributed by atoms with van der Waals surface area (Å²) in [5.41, 5.74) is 1.33. The molecule has 0 N–H and O–H groups in total. The molecule has 2 heteroatoms. The van der Waals surface area contributed by atoms with E-state index in [0.717, 1.165) is 30.9 Å². The van der Waals surface area contributed by atoms with Crippen LogP contribution in [0.15, 0.2) is 36.4 Å². The normalized spacial score (nSPS) is 11.1. The van der Waals surface area contributed by atoms with Crippen LogP contribution in [0.25, 0.3) is 0 Å². The van der Waals surface area contributed by atoms with Gasteiger partial charge in [-0.3, -0.25) is 0 Å². The highest BCUT2D eigenvalue weighted by molar-refractivity contribution is 6.30. The lowest BCUT2D eigenvalue weighted by molar-refractivity contribution is 0.204. The van der Waals surface area contributed by atoms with Gasteiger partial charge in [0.05, 0.1) is 0 Å². The van der Waals surface area contributed by atoms with Gasteiger partial charge in [-0.2, -0.15) is 0 Å². The Labute approximate surface area is 96.7 Å². The van der Waals surface area contributed by atoms with E-state index in [9.17, 15) is 0 Å². The molecule has 0 aliphatic carbocycles. The van der Waals surface area contributed by atoms with Crippen LogP contribution < -0.4 is 0 Å². The van der Waals surface area contributed by atoms with E-state index in [2.05, 4.69) is 24.3 Å². The van der Waals surface area contributed by atoms with Gasteiger partial charge in [-0.1, -0.05) is 35.9 Å². The van der Waals surface area contributed by atoms with Crippen LogP contribution in [-0.2, 0) is 11.2 Å². The molecule has 82 valence electrons. The summed E-state index contributed by atoms with van der Waals surface area (Å²) in [6.45, 7) is 0.803. The Hall–Kier alpha value is -0.790. The molecule has 0 aliphatic rings. The molecule has 0 aromatic heterocycles. The van der Waals surface area contributed by atoms with Crippen molar-refractivity contribution in [2.75, 3.05) is 13.7 Å². The number of halogens is 1. The Bertz CT molecular complexity index is 290. The lowest BCUT2D eigenvalue weighted by Gasteiger charge is -1.98. The Morgan fingerprint density at radius 1 is 1.13 bits per heavy atom. The van der Waals surface area contributed by atoms with Gasteiger partial charge in [0, 0.05) is 18.7 Å². The van der Waals surface area contributed by atoms with Gasteiger partial charge in [0.1, 0.15) is 0 Å². The summed E-state index contributed by atoms with van der Waals surface area (Å²) < 4.78 is 4.95. The van der Waals surface area contributed by atoms with Gasteiger partial charge in [0.15, 0.2) is 0 Å². The standard InChI is InChI=1S/C13H17ClO/c1-15-11-5-3-2-4-6-12-7-9-13(14)10-8-12/h2-3,7-10H,4-6,11H2,1H3/b3-2+. The van der Waals surface area contributed by atoms with Crippen LogP contribution in [0.3, 0.4) is 0 Å². The van der Waals surface area contributed by atoms with Crippen molar-refractivity contribution < 1.29 is 4.74 Å². The van der Waals surface area contributed by atoms with Crippen LogP contribution in [0.1, 0.15) is 18.4 Å². The molecule has 0 aliphatic heterocycles. The van der Waals surface area contributed by atoms with Crippen LogP contribution in [-0.4, -0.2) is 13.7 Å². The Balaban J connectivity index is 2.20. The maximum Gasteiger partial charge on any atom is 0.0496 e. The molecule has 1 aromatic rings. The average Bonchev–Trinajstić information content (AvgIpc) is 2.26. The second-order valence-corrected chi connectivity index (χ2v) is 3.85. The highest BCUT2D eigenvalue weighted by Gasteiger charge is 1.91. The fourth-order valence-corrected chi connectivity index (χ4v) is 1.45. The van der Waals surface area contributed by atoms with E-state index in [1.807, 2.05) is 12.1 Å². The minimum Gasteiger partial charge on any atom is -0.384 e. The molecular weight excluding hydrogens is 208 g/mol. The van der Waals surface area contributed by atoms with E-state index in [-0.39, 0.29) is 0 Å². The highest BCUT2D eigenvalue weighted by atomic mass is 35.5. The van der Waals surface area contributed by atoms with Gasteiger partial charge in [-0.15, -0.1) is 0 Å². The van der Waals surface area contributed by atoms with E-state index in [1.54, 1.807) is 7.11 Å². The number of ether oxygens (including phenoxy) is 1. The van der Waals surface area contributed by atoms with Crippen molar-refractivity contribution in [3.63, 3.8) is 0 Å². The first kappa shape index (κ1) is 12.3. The molecule has 15 heavy (non-hydrogen) atoms. The second-order valence-electron chi connectivity index (χ2n) is 3.42. The third kappa shape index (κ3) is 5.60. The minimum absolute atomic E-state index is 0.800. The molecule has 0 unspecified atom stereocenters. The summed E-state index contributed by atoms with van der Waals surface area (Å²) in [4.78, 5) is 0. The van der Waals surface area contributed by atoms with Gasteiger partial charge < -0.3 is 4.74 Å². The molecule has 0 spiro atoms. The van der Waals surface area contributed by atoms with Crippen molar-refractivity contribution in [1.29, 1.82) is 0 Å². The summed E-state index contributed by atoms with van der Waals surface area (Å²) in [5.74, 6) is 0. The van der Waals surface area contributed by atoms with Gasteiger partial charge in [-0.25, -0.2) is 0 Å². The third-order valence-corrected chi connectivity index (χ3v) is 2.42. The zero-order chi connectivity index (χ0) is 10.9. The van der Waals surface area contributed by atoms with Crippen LogP contribution >= 0.6 is 11.6 Å². The van der Waals surface area contributed by atoms with E-state index in [0.29, 0.717) is 0 Å². The van der Waals surface area contributed by atoms with Crippen molar-refractivity contribution in [2.45, 2.75) is 19.3 Å². The largest absolute Gasteiger partial charge is 0.384 e. The topological polar surface area (TPSA) is 9.23 Å². The lowest BCUT2D eigenvalue weighted by atomic mass is 10.1. The molecule has 1 nitrogen and oxygen atoms in total. The Morgan fingerprint density at radius 3 is 2.47 bits per heavy atom. The van der Waals surface area contributed by atoms with Crippen LogP contribution in [0.5, 0.6) is 0 Å². The number of methoxy groups -OCH3 is 1. The summed E-state index contributed by atoms with van der Waals surface area (Å²) in [7, 11) is 1.72. The van der Waals surface area contributed by atoms with E-state index < -0.39 is 0 Å². The number of rotatable bonds is 6. The quantitative estimate of drug-likeness (QED) is 0.527. The molecular formula is C13H17ClO. The molecule has 0 saturated heterocycles. The first-order valence-corrected chi connectivity index (χ1v) is 5.59. The number of hydrogen-bond acceptors (Lipinski definition) is 1. The molecule has 1 aromatic carbocycles. The van der Waals surface area contributed by atoms with E-state index in [4.69, 9.17) is 16.3 Å². The summed E-state index contributed by atoms with van der Waals surface area (Å²) >= 11 is 5.80. The first-order chi connectivity index (χ1) is 7.33. The third-order valence-electron chi connectivity index (χ3n) is 2.17. The van der Waals surface area contributed by atoms with Gasteiger partial charge in [-0.05, 0) is 37.0 Å². The fourth-order valence-electron chi connectivity index (χ4n) is 1.32. The molecule has 0 radical (unpaired) electrons. The average molecular weight is 225 g/mol. The van der Waals surface area contributed by atoms with Crippen LogP contribution in [0, 0.1) is 0 Å². The predicted molar refractivity (Wildman–Crippen MR) is 65.4 cm³/mol. The SMILES string of the molecule is COCC/C=C/CCc1ccc(Cl)cc1. The molecule has 0 bridgehead atoms. The van der Waals surface area contributed by atoms with Gasteiger partial charge >= 0.3 is 0 Å². The van der Waals surface area contributed by atoms with E-state index >= 15 is 0 Å². The zero-order valence-electron chi connectivity index (χ0n) is 9.08. The van der Waals surface area contributed by atoms with Crippen molar-refractivity contribution >= 4 is 11.6 Å². The highest BCUT2D eigenvalue weighted by Crippen LogP contribution is 2.11. The minimum atomic E-state index is 0.800. The predicted octanol–water partition coefficient (Wildman–Crippen LogP) is 3.87. The Kier molecular flexibility index (Phi) is 6.14. The molecule has 0 fully saturated rings. The summed E-state index contributed by atoms with van der Waals surface area (Å²) in [6, 6.07) is 8.02.